The number of rotatable bonds is 7. The zero-order chi connectivity index (χ0) is 15.0. The predicted molar refractivity (Wildman–Crippen MR) is 81.3 cm³/mol. The molecule has 1 rings (SSSR count). The highest BCUT2D eigenvalue weighted by Crippen LogP contribution is 2.25. The van der Waals surface area contributed by atoms with Crippen LogP contribution in [0.4, 0.5) is 8.78 Å². The van der Waals surface area contributed by atoms with Crippen molar-refractivity contribution in [2.75, 3.05) is 7.05 Å². The molecule has 1 atom stereocenters. The molecule has 0 N–H and O–H groups in total. The van der Waals surface area contributed by atoms with Crippen LogP contribution in [-0.4, -0.2) is 19.6 Å². The highest BCUT2D eigenvalue weighted by atomic mass is 19.1. The summed E-state index contributed by atoms with van der Waals surface area (Å²) in [7, 11) is 1.67. The Morgan fingerprint density at radius 3 is 2.80 bits per heavy atom. The van der Waals surface area contributed by atoms with Crippen molar-refractivity contribution in [3.05, 3.63) is 42.0 Å². The monoisotopic (exact) mass is 278 g/mol. The van der Waals surface area contributed by atoms with E-state index in [4.69, 9.17) is 0 Å². The van der Waals surface area contributed by atoms with Crippen molar-refractivity contribution in [1.82, 2.24) is 0 Å². The fraction of sp³-hybridized carbons (Fsp3) is 0.375. The van der Waals surface area contributed by atoms with Gasteiger partial charge >= 0.3 is 0 Å². The summed E-state index contributed by atoms with van der Waals surface area (Å²) in [6, 6.07) is 3.59. The zero-order valence-corrected chi connectivity index (χ0v) is 11.9. The van der Waals surface area contributed by atoms with Gasteiger partial charge in [0, 0.05) is 24.9 Å². The Morgan fingerprint density at radius 1 is 1.40 bits per heavy atom. The van der Waals surface area contributed by atoms with E-state index in [9.17, 15) is 8.78 Å². The number of halogens is 2. The fourth-order valence-electron chi connectivity index (χ4n) is 1.96. The van der Waals surface area contributed by atoms with Gasteiger partial charge in [-0.05, 0) is 42.9 Å². The van der Waals surface area contributed by atoms with Crippen molar-refractivity contribution in [1.29, 1.82) is 0 Å². The number of benzene rings is 1. The molecule has 0 aliphatic heterocycles. The Labute approximate surface area is 119 Å². The van der Waals surface area contributed by atoms with E-state index in [0.29, 0.717) is 23.5 Å². The van der Waals surface area contributed by atoms with E-state index in [1.165, 1.54) is 18.5 Å². The third-order valence-electron chi connectivity index (χ3n) is 2.98. The standard InChI is InChI=1S/C16H20F2N2/c1-12(5-4-8-20-11-19-3)9-13(2)15-7-6-14(17)10-16(15)18/h6-8,10-12H,2,4-5,9H2,1,3H3/t12-/m1/s1. The molecule has 108 valence electrons. The molecule has 4 heteroatoms. The molecule has 0 fully saturated rings. The molecule has 20 heavy (non-hydrogen) atoms. The molecule has 1 aromatic carbocycles. The van der Waals surface area contributed by atoms with Crippen LogP contribution in [0.15, 0.2) is 34.8 Å². The molecule has 0 aliphatic carbocycles. The van der Waals surface area contributed by atoms with Crippen molar-refractivity contribution in [3.8, 4) is 0 Å². The van der Waals surface area contributed by atoms with Crippen LogP contribution in [0.1, 0.15) is 31.7 Å². The van der Waals surface area contributed by atoms with Gasteiger partial charge in [0.15, 0.2) is 0 Å². The van der Waals surface area contributed by atoms with Gasteiger partial charge in [-0.2, -0.15) is 0 Å². The highest BCUT2D eigenvalue weighted by Gasteiger charge is 2.10. The van der Waals surface area contributed by atoms with Gasteiger partial charge in [0.25, 0.3) is 0 Å². The molecule has 2 nitrogen and oxygen atoms in total. The first kappa shape index (κ1) is 16.2. The van der Waals surface area contributed by atoms with Crippen LogP contribution in [0.2, 0.25) is 0 Å². The lowest BCUT2D eigenvalue weighted by molar-refractivity contribution is 0.556. The van der Waals surface area contributed by atoms with Crippen LogP contribution in [0.25, 0.3) is 5.57 Å². The number of hydrogen-bond acceptors (Lipinski definition) is 1. The fourth-order valence-corrected chi connectivity index (χ4v) is 1.96. The van der Waals surface area contributed by atoms with E-state index in [1.807, 2.05) is 6.21 Å². The number of allylic oxidation sites excluding steroid dienone is 1. The largest absolute Gasteiger partial charge is 0.277 e. The first-order valence-corrected chi connectivity index (χ1v) is 6.60. The molecule has 0 heterocycles. The van der Waals surface area contributed by atoms with E-state index in [2.05, 4.69) is 23.5 Å². The minimum absolute atomic E-state index is 0.358. The summed E-state index contributed by atoms with van der Waals surface area (Å²) >= 11 is 0. The van der Waals surface area contributed by atoms with Crippen molar-refractivity contribution in [3.63, 3.8) is 0 Å². The molecular weight excluding hydrogens is 258 g/mol. The lowest BCUT2D eigenvalue weighted by Gasteiger charge is -2.13. The molecule has 1 aromatic rings. The van der Waals surface area contributed by atoms with Gasteiger partial charge in [0.1, 0.15) is 18.0 Å². The van der Waals surface area contributed by atoms with Crippen LogP contribution in [-0.2, 0) is 0 Å². The van der Waals surface area contributed by atoms with Gasteiger partial charge in [-0.1, -0.05) is 13.5 Å². The second kappa shape index (κ2) is 8.35. The first-order valence-electron chi connectivity index (χ1n) is 6.60. The predicted octanol–water partition coefficient (Wildman–Crippen LogP) is 4.51. The second-order valence-corrected chi connectivity index (χ2v) is 4.82. The summed E-state index contributed by atoms with van der Waals surface area (Å²) in [6.07, 6.45) is 5.76. The van der Waals surface area contributed by atoms with Crippen molar-refractivity contribution < 1.29 is 8.78 Å². The van der Waals surface area contributed by atoms with E-state index in [-0.39, 0.29) is 0 Å². The van der Waals surface area contributed by atoms with Gasteiger partial charge in [0.05, 0.1) is 0 Å². The lowest BCUT2D eigenvalue weighted by atomic mass is 9.93. The van der Waals surface area contributed by atoms with Gasteiger partial charge in [-0.25, -0.2) is 13.8 Å². The Balaban J connectivity index is 2.49. The Hall–Kier alpha value is -1.84. The Bertz CT molecular complexity index is 507. The average molecular weight is 278 g/mol. The highest BCUT2D eigenvalue weighted by molar-refractivity contribution is 5.72. The number of hydrogen-bond donors (Lipinski definition) is 0. The maximum atomic E-state index is 13.6. The van der Waals surface area contributed by atoms with E-state index >= 15 is 0 Å². The van der Waals surface area contributed by atoms with Gasteiger partial charge < -0.3 is 0 Å². The maximum absolute atomic E-state index is 13.6. The zero-order valence-electron chi connectivity index (χ0n) is 11.9. The SMILES string of the molecule is C=C(C[C@H](C)CCC=NC=NC)c1ccc(F)cc1F. The van der Waals surface area contributed by atoms with Crippen LogP contribution in [0.3, 0.4) is 0 Å². The Morgan fingerprint density at radius 2 is 2.15 bits per heavy atom. The van der Waals surface area contributed by atoms with Crippen molar-refractivity contribution >= 4 is 18.1 Å². The third-order valence-corrected chi connectivity index (χ3v) is 2.98. The van der Waals surface area contributed by atoms with E-state index < -0.39 is 11.6 Å². The van der Waals surface area contributed by atoms with Crippen LogP contribution < -0.4 is 0 Å². The average Bonchev–Trinajstić information content (AvgIpc) is 2.38. The topological polar surface area (TPSA) is 24.7 Å². The molecule has 0 radical (unpaired) electrons. The second-order valence-electron chi connectivity index (χ2n) is 4.82. The molecule has 0 saturated carbocycles. The van der Waals surface area contributed by atoms with Crippen molar-refractivity contribution in [2.45, 2.75) is 26.2 Å². The Kier molecular flexibility index (Phi) is 6.77. The van der Waals surface area contributed by atoms with Gasteiger partial charge in [0.2, 0.25) is 0 Å². The molecule has 0 bridgehead atoms. The minimum atomic E-state index is -0.569. The van der Waals surface area contributed by atoms with Gasteiger partial charge in [-0.15, -0.1) is 0 Å². The van der Waals surface area contributed by atoms with Crippen LogP contribution >= 0.6 is 0 Å². The normalized spacial score (nSPS) is 13.2. The lowest BCUT2D eigenvalue weighted by Crippen LogP contribution is -1.99. The molecule has 0 aliphatic rings. The number of nitrogens with zero attached hydrogens (tertiary/aromatic N) is 2. The van der Waals surface area contributed by atoms with Crippen LogP contribution in [0, 0.1) is 17.6 Å². The molecule has 0 saturated heterocycles. The van der Waals surface area contributed by atoms with Crippen molar-refractivity contribution in [2.24, 2.45) is 15.9 Å². The summed E-state index contributed by atoms with van der Waals surface area (Å²) in [6.45, 7) is 5.97. The van der Waals surface area contributed by atoms with E-state index in [0.717, 1.165) is 18.9 Å². The smallest absolute Gasteiger partial charge is 0.133 e. The van der Waals surface area contributed by atoms with Crippen LogP contribution in [0.5, 0.6) is 0 Å². The van der Waals surface area contributed by atoms with E-state index in [1.54, 1.807) is 7.05 Å². The molecule has 0 unspecified atom stereocenters. The molecule has 0 spiro atoms. The molecule has 0 amide bonds. The molecule has 0 aromatic heterocycles. The maximum Gasteiger partial charge on any atom is 0.133 e. The number of aliphatic imine (C=N–C) groups is 2. The van der Waals surface area contributed by atoms with Gasteiger partial charge in [-0.3, -0.25) is 4.99 Å². The minimum Gasteiger partial charge on any atom is -0.277 e. The quantitative estimate of drug-likeness (QED) is 0.518. The summed E-state index contributed by atoms with van der Waals surface area (Å²) in [4.78, 5) is 7.73. The summed E-state index contributed by atoms with van der Waals surface area (Å²) in [5.74, 6) is -0.763. The summed E-state index contributed by atoms with van der Waals surface area (Å²) in [5.41, 5.74) is 1.09. The molecular formula is C16H20F2N2. The third kappa shape index (κ3) is 5.43. The summed E-state index contributed by atoms with van der Waals surface area (Å²) < 4.78 is 26.5. The summed E-state index contributed by atoms with van der Waals surface area (Å²) in [5, 5.41) is 0. The first-order chi connectivity index (χ1) is 9.54.